The van der Waals surface area contributed by atoms with Crippen LogP contribution in [0.25, 0.3) is 0 Å². The molecule has 2 aromatic carbocycles. The maximum Gasteiger partial charge on any atom is 0.333 e. The van der Waals surface area contributed by atoms with Gasteiger partial charge in [0.2, 0.25) is 0 Å². The molecule has 5 nitrogen and oxygen atoms in total. The number of thioether (sulfide) groups is 1. The molecule has 1 heterocycles. The topological polar surface area (TPSA) is 49.9 Å². The van der Waals surface area contributed by atoms with E-state index in [2.05, 4.69) is 4.90 Å². The molecule has 0 bridgehead atoms. The second-order valence-electron chi connectivity index (χ2n) is 6.54. The van der Waals surface area contributed by atoms with Crippen molar-refractivity contribution in [2.45, 2.75) is 16.7 Å². The minimum Gasteiger partial charge on any atom is -0.467 e. The lowest BCUT2D eigenvalue weighted by Gasteiger charge is -2.27. The molecule has 10 heteroatoms. The molecule has 0 radical (unpaired) electrons. The zero-order valence-corrected chi connectivity index (χ0v) is 20.1. The Morgan fingerprint density at radius 3 is 2.60 bits per heavy atom. The SMILES string of the molecule is COC(=O)C1SCCN1CCCN(c1cc(Cl)ccc1Cl)S(=O)c1ccc(Cl)cc1. The van der Waals surface area contributed by atoms with Crippen LogP contribution in [0.15, 0.2) is 47.4 Å². The molecule has 0 N–H and O–H groups in total. The molecule has 0 aromatic heterocycles. The summed E-state index contributed by atoms with van der Waals surface area (Å²) in [5.41, 5.74) is 0.595. The van der Waals surface area contributed by atoms with Gasteiger partial charge in [-0.15, -0.1) is 11.8 Å². The quantitative estimate of drug-likeness (QED) is 0.465. The van der Waals surface area contributed by atoms with E-state index in [1.165, 1.54) is 7.11 Å². The van der Waals surface area contributed by atoms with Gasteiger partial charge in [0.15, 0.2) is 16.4 Å². The monoisotopic (exact) mass is 506 g/mol. The third kappa shape index (κ3) is 5.84. The van der Waals surface area contributed by atoms with Crippen molar-refractivity contribution in [2.75, 3.05) is 36.8 Å². The van der Waals surface area contributed by atoms with Crippen molar-refractivity contribution in [3.63, 3.8) is 0 Å². The van der Waals surface area contributed by atoms with Crippen molar-refractivity contribution in [1.29, 1.82) is 0 Å². The highest BCUT2D eigenvalue weighted by molar-refractivity contribution is 8.00. The summed E-state index contributed by atoms with van der Waals surface area (Å²) in [5, 5.41) is 1.25. The highest BCUT2D eigenvalue weighted by atomic mass is 35.5. The van der Waals surface area contributed by atoms with Gasteiger partial charge in [-0.1, -0.05) is 34.8 Å². The largest absolute Gasteiger partial charge is 0.467 e. The van der Waals surface area contributed by atoms with Crippen LogP contribution < -0.4 is 4.31 Å². The average Bonchev–Trinajstić information content (AvgIpc) is 3.21. The van der Waals surface area contributed by atoms with Gasteiger partial charge in [0.05, 0.1) is 22.7 Å². The number of esters is 1. The molecular formula is C20H21Cl3N2O3S2. The number of halogens is 3. The molecule has 1 aliphatic heterocycles. The van der Waals surface area contributed by atoms with Crippen molar-refractivity contribution >= 4 is 69.2 Å². The number of hydrogen-bond donors (Lipinski definition) is 0. The molecule has 0 spiro atoms. The predicted octanol–water partition coefficient (Wildman–Crippen LogP) is 5.11. The van der Waals surface area contributed by atoms with E-state index in [4.69, 9.17) is 39.5 Å². The predicted molar refractivity (Wildman–Crippen MR) is 126 cm³/mol. The smallest absolute Gasteiger partial charge is 0.333 e. The number of anilines is 1. The van der Waals surface area contributed by atoms with Crippen molar-refractivity contribution in [2.24, 2.45) is 0 Å². The first kappa shape index (κ1) is 23.7. The lowest BCUT2D eigenvalue weighted by molar-refractivity contribution is -0.143. The lowest BCUT2D eigenvalue weighted by atomic mass is 10.3. The van der Waals surface area contributed by atoms with Gasteiger partial charge in [-0.3, -0.25) is 9.21 Å². The Bertz CT molecular complexity index is 915. The molecule has 2 unspecified atom stereocenters. The highest BCUT2D eigenvalue weighted by Gasteiger charge is 2.32. The van der Waals surface area contributed by atoms with Crippen molar-refractivity contribution in [3.05, 3.63) is 57.5 Å². The molecule has 0 amide bonds. The van der Waals surface area contributed by atoms with Crippen molar-refractivity contribution < 1.29 is 13.7 Å². The fourth-order valence-electron chi connectivity index (χ4n) is 3.12. The van der Waals surface area contributed by atoms with Gasteiger partial charge in [-0.2, -0.15) is 0 Å². The first-order valence-corrected chi connectivity index (χ1v) is 12.5. The number of carbonyl (C=O) groups excluding carboxylic acids is 1. The van der Waals surface area contributed by atoms with Crippen LogP contribution in [-0.2, 0) is 20.5 Å². The van der Waals surface area contributed by atoms with E-state index in [0.717, 1.165) is 12.3 Å². The molecule has 2 atom stereocenters. The van der Waals surface area contributed by atoms with E-state index in [1.807, 2.05) is 0 Å². The number of methoxy groups -OCH3 is 1. The molecule has 2 aromatic rings. The summed E-state index contributed by atoms with van der Waals surface area (Å²) in [7, 11) is -0.105. The number of nitrogens with zero attached hydrogens (tertiary/aromatic N) is 2. The lowest BCUT2D eigenvalue weighted by Crippen LogP contribution is -2.37. The van der Waals surface area contributed by atoms with Gasteiger partial charge in [0.25, 0.3) is 0 Å². The Morgan fingerprint density at radius 1 is 1.20 bits per heavy atom. The first-order valence-electron chi connectivity index (χ1n) is 9.24. The second kappa shape index (κ2) is 11.1. The van der Waals surface area contributed by atoms with E-state index in [-0.39, 0.29) is 11.3 Å². The van der Waals surface area contributed by atoms with E-state index in [1.54, 1.807) is 58.5 Å². The van der Waals surface area contributed by atoms with Gasteiger partial charge >= 0.3 is 5.97 Å². The first-order chi connectivity index (χ1) is 14.4. The normalized spacial score (nSPS) is 17.7. The number of carbonyl (C=O) groups is 1. The van der Waals surface area contributed by atoms with E-state index < -0.39 is 11.0 Å². The Labute approximate surface area is 198 Å². The summed E-state index contributed by atoms with van der Waals surface area (Å²) >= 11 is 20.1. The van der Waals surface area contributed by atoms with Crippen LogP contribution in [0.3, 0.4) is 0 Å². The standard InChI is InChI=1S/C20H21Cl3N2O3S2/c1-28-20(26)19-24(11-12-29-19)9-2-10-25(18-13-15(22)5-8-17(18)23)30(27)16-6-3-14(21)4-7-16/h3-8,13,19H,2,9-12H2,1H3. The molecule has 0 saturated carbocycles. The van der Waals surface area contributed by atoms with Crippen LogP contribution in [0, 0.1) is 0 Å². The van der Waals surface area contributed by atoms with Crippen LogP contribution in [0.2, 0.25) is 15.1 Å². The van der Waals surface area contributed by atoms with Gasteiger partial charge < -0.3 is 4.74 Å². The van der Waals surface area contributed by atoms with E-state index in [0.29, 0.717) is 45.2 Å². The number of ether oxygens (including phenoxy) is 1. The third-order valence-electron chi connectivity index (χ3n) is 4.59. The fraction of sp³-hybridized carbons (Fsp3) is 0.350. The summed E-state index contributed by atoms with van der Waals surface area (Å²) in [6.45, 7) is 1.94. The fourth-order valence-corrected chi connectivity index (χ4v) is 6.14. The summed E-state index contributed by atoms with van der Waals surface area (Å²) in [6, 6.07) is 12.0. The molecule has 1 aliphatic rings. The van der Waals surface area contributed by atoms with E-state index in [9.17, 15) is 9.00 Å². The zero-order chi connectivity index (χ0) is 21.7. The van der Waals surface area contributed by atoms with Gasteiger partial charge in [-0.05, 0) is 48.9 Å². The Hall–Kier alpha value is -0.960. The molecule has 0 aliphatic carbocycles. The van der Waals surface area contributed by atoms with Gasteiger partial charge in [0.1, 0.15) is 0 Å². The molecule has 1 saturated heterocycles. The van der Waals surface area contributed by atoms with Crippen molar-refractivity contribution in [1.82, 2.24) is 4.90 Å². The Kier molecular flexibility index (Phi) is 8.74. The summed E-state index contributed by atoms with van der Waals surface area (Å²) in [6.07, 6.45) is 0.677. The van der Waals surface area contributed by atoms with Gasteiger partial charge in [-0.25, -0.2) is 9.00 Å². The van der Waals surface area contributed by atoms with Crippen LogP contribution in [-0.4, -0.2) is 52.9 Å². The Balaban J connectivity index is 1.78. The molecule has 162 valence electrons. The van der Waals surface area contributed by atoms with Crippen LogP contribution in [0.4, 0.5) is 5.69 Å². The van der Waals surface area contributed by atoms with Crippen LogP contribution in [0.5, 0.6) is 0 Å². The molecule has 30 heavy (non-hydrogen) atoms. The molecular weight excluding hydrogens is 487 g/mol. The summed E-state index contributed by atoms with van der Waals surface area (Å²) in [5.74, 6) is 0.636. The third-order valence-corrected chi connectivity index (χ3v) is 8.07. The minimum absolute atomic E-state index is 0.239. The summed E-state index contributed by atoms with van der Waals surface area (Å²) in [4.78, 5) is 14.7. The Morgan fingerprint density at radius 2 is 1.90 bits per heavy atom. The number of rotatable bonds is 8. The maximum atomic E-state index is 13.4. The molecule has 1 fully saturated rings. The number of hydrogen-bond acceptors (Lipinski definition) is 5. The van der Waals surface area contributed by atoms with Crippen molar-refractivity contribution in [3.8, 4) is 0 Å². The van der Waals surface area contributed by atoms with Crippen LogP contribution in [0.1, 0.15) is 6.42 Å². The average molecular weight is 508 g/mol. The highest BCUT2D eigenvalue weighted by Crippen LogP contribution is 2.32. The zero-order valence-electron chi connectivity index (χ0n) is 16.2. The second-order valence-corrected chi connectivity index (χ2v) is 10.4. The molecule has 3 rings (SSSR count). The van der Waals surface area contributed by atoms with Gasteiger partial charge in [0, 0.05) is 35.4 Å². The summed E-state index contributed by atoms with van der Waals surface area (Å²) < 4.78 is 20.0. The van der Waals surface area contributed by atoms with E-state index >= 15 is 0 Å². The number of benzene rings is 2. The minimum atomic E-state index is -1.50. The van der Waals surface area contributed by atoms with Crippen LogP contribution >= 0.6 is 46.6 Å². The maximum absolute atomic E-state index is 13.4.